The highest BCUT2D eigenvalue weighted by Crippen LogP contribution is 2.17. The molecule has 1 N–H and O–H groups in total. The summed E-state index contributed by atoms with van der Waals surface area (Å²) in [5, 5.41) is 2.50. The van der Waals surface area contributed by atoms with Crippen molar-refractivity contribution in [3.05, 3.63) is 29.8 Å². The van der Waals surface area contributed by atoms with Crippen molar-refractivity contribution in [2.45, 2.75) is 6.92 Å². The second-order valence-corrected chi connectivity index (χ2v) is 3.77. The monoisotopic (exact) mass is 265 g/mol. The van der Waals surface area contributed by atoms with E-state index in [1.807, 2.05) is 0 Å². The fourth-order valence-corrected chi connectivity index (χ4v) is 1.40. The number of para-hydroxylation sites is 1. The third kappa shape index (κ3) is 3.54. The molecule has 6 nitrogen and oxygen atoms in total. The minimum Gasteiger partial charge on any atom is -0.468 e. The molecule has 6 heteroatoms. The van der Waals surface area contributed by atoms with Crippen molar-refractivity contribution < 1.29 is 23.9 Å². The molecule has 0 aliphatic carbocycles. The van der Waals surface area contributed by atoms with E-state index in [0.717, 1.165) is 0 Å². The van der Waals surface area contributed by atoms with Gasteiger partial charge in [-0.25, -0.2) is 4.79 Å². The number of amides is 1. The molecule has 0 spiro atoms. The van der Waals surface area contributed by atoms with Crippen molar-refractivity contribution in [1.82, 2.24) is 0 Å². The molecule has 0 aliphatic heterocycles. The molecule has 0 saturated heterocycles. The number of carbonyl (C=O) groups is 3. The summed E-state index contributed by atoms with van der Waals surface area (Å²) in [7, 11) is 2.45. The summed E-state index contributed by atoms with van der Waals surface area (Å²) in [5.41, 5.74) is 0.505. The first-order chi connectivity index (χ1) is 9.01. The van der Waals surface area contributed by atoms with Crippen molar-refractivity contribution in [3.8, 4) is 0 Å². The number of esters is 2. The highest BCUT2D eigenvalue weighted by Gasteiger charge is 2.23. The van der Waals surface area contributed by atoms with Crippen molar-refractivity contribution in [2.24, 2.45) is 5.92 Å². The van der Waals surface area contributed by atoms with Gasteiger partial charge >= 0.3 is 11.9 Å². The van der Waals surface area contributed by atoms with Crippen LogP contribution in [0, 0.1) is 5.92 Å². The van der Waals surface area contributed by atoms with Crippen LogP contribution in [-0.4, -0.2) is 32.1 Å². The Morgan fingerprint density at radius 3 is 2.32 bits per heavy atom. The van der Waals surface area contributed by atoms with Crippen LogP contribution in [0.25, 0.3) is 0 Å². The van der Waals surface area contributed by atoms with Gasteiger partial charge in [0.1, 0.15) is 5.92 Å². The summed E-state index contributed by atoms with van der Waals surface area (Å²) >= 11 is 0. The summed E-state index contributed by atoms with van der Waals surface area (Å²) in [6.07, 6.45) is 0. The average Bonchev–Trinajstić information content (AvgIpc) is 2.45. The van der Waals surface area contributed by atoms with Crippen molar-refractivity contribution in [3.63, 3.8) is 0 Å². The van der Waals surface area contributed by atoms with Crippen LogP contribution in [0.5, 0.6) is 0 Å². The van der Waals surface area contributed by atoms with Gasteiger partial charge in [-0.1, -0.05) is 12.1 Å². The maximum Gasteiger partial charge on any atom is 0.339 e. The van der Waals surface area contributed by atoms with Gasteiger partial charge in [-0.3, -0.25) is 9.59 Å². The first-order valence-electron chi connectivity index (χ1n) is 5.57. The molecule has 1 rings (SSSR count). The van der Waals surface area contributed by atoms with Gasteiger partial charge in [-0.15, -0.1) is 0 Å². The lowest BCUT2D eigenvalue weighted by molar-refractivity contribution is -0.147. The molecule has 1 aromatic rings. The van der Waals surface area contributed by atoms with E-state index in [0.29, 0.717) is 0 Å². The van der Waals surface area contributed by atoms with Crippen molar-refractivity contribution in [2.75, 3.05) is 19.5 Å². The Morgan fingerprint density at radius 1 is 1.11 bits per heavy atom. The standard InChI is InChI=1S/C13H15NO5/c1-8(12(16)18-2)11(15)14-10-7-5-4-6-9(10)13(17)19-3/h4-8H,1-3H3,(H,14,15). The van der Waals surface area contributed by atoms with Gasteiger partial charge in [0.25, 0.3) is 0 Å². The van der Waals surface area contributed by atoms with Crippen LogP contribution in [0.15, 0.2) is 24.3 Å². The molecule has 102 valence electrons. The molecule has 0 heterocycles. The molecule has 1 unspecified atom stereocenters. The maximum absolute atomic E-state index is 11.8. The van der Waals surface area contributed by atoms with Crippen molar-refractivity contribution >= 4 is 23.5 Å². The Morgan fingerprint density at radius 2 is 1.74 bits per heavy atom. The Balaban J connectivity index is 2.91. The number of nitrogens with one attached hydrogen (secondary N) is 1. The number of hydrogen-bond donors (Lipinski definition) is 1. The number of ether oxygens (including phenoxy) is 2. The Labute approximate surface area is 110 Å². The Bertz CT molecular complexity index is 498. The number of carbonyl (C=O) groups excluding carboxylic acids is 3. The van der Waals surface area contributed by atoms with Crippen LogP contribution in [0.3, 0.4) is 0 Å². The summed E-state index contributed by atoms with van der Waals surface area (Å²) in [4.78, 5) is 34.6. The third-order valence-electron chi connectivity index (χ3n) is 2.54. The first-order valence-corrected chi connectivity index (χ1v) is 5.57. The van der Waals surface area contributed by atoms with E-state index in [-0.39, 0.29) is 11.3 Å². The van der Waals surface area contributed by atoms with E-state index >= 15 is 0 Å². The molecule has 0 saturated carbocycles. The molecule has 1 amide bonds. The van der Waals surface area contributed by atoms with Crippen LogP contribution in [0.1, 0.15) is 17.3 Å². The van der Waals surface area contributed by atoms with Crippen molar-refractivity contribution in [1.29, 1.82) is 0 Å². The van der Waals surface area contributed by atoms with E-state index in [2.05, 4.69) is 14.8 Å². The van der Waals surface area contributed by atoms with Crippen LogP contribution < -0.4 is 5.32 Å². The SMILES string of the molecule is COC(=O)c1ccccc1NC(=O)C(C)C(=O)OC. The number of anilines is 1. The van der Waals surface area contributed by atoms with Gasteiger partial charge in [0.15, 0.2) is 0 Å². The molecule has 1 atom stereocenters. The average molecular weight is 265 g/mol. The van der Waals surface area contributed by atoms with Gasteiger partial charge in [0, 0.05) is 0 Å². The normalized spacial score (nSPS) is 11.3. The summed E-state index contributed by atoms with van der Waals surface area (Å²) in [6, 6.07) is 6.37. The lowest BCUT2D eigenvalue weighted by Crippen LogP contribution is -2.28. The van der Waals surface area contributed by atoms with Gasteiger partial charge < -0.3 is 14.8 Å². The zero-order valence-corrected chi connectivity index (χ0v) is 10.9. The number of methoxy groups -OCH3 is 2. The predicted octanol–water partition coefficient (Wildman–Crippen LogP) is 1.22. The number of hydrogen-bond acceptors (Lipinski definition) is 5. The second kappa shape index (κ2) is 6.53. The van der Waals surface area contributed by atoms with E-state index in [9.17, 15) is 14.4 Å². The minimum atomic E-state index is -0.962. The van der Waals surface area contributed by atoms with Gasteiger partial charge in [-0.2, -0.15) is 0 Å². The van der Waals surface area contributed by atoms with Gasteiger partial charge in [0.05, 0.1) is 25.5 Å². The Hall–Kier alpha value is -2.37. The highest BCUT2D eigenvalue weighted by atomic mass is 16.5. The first kappa shape index (κ1) is 14.7. The maximum atomic E-state index is 11.8. The highest BCUT2D eigenvalue weighted by molar-refractivity contribution is 6.07. The molecule has 1 aromatic carbocycles. The largest absolute Gasteiger partial charge is 0.468 e. The zero-order valence-electron chi connectivity index (χ0n) is 10.9. The van der Waals surface area contributed by atoms with E-state index in [1.165, 1.54) is 27.2 Å². The summed E-state index contributed by atoms with van der Waals surface area (Å²) in [5.74, 6) is -2.73. The lowest BCUT2D eigenvalue weighted by atomic mass is 10.1. The topological polar surface area (TPSA) is 81.7 Å². The van der Waals surface area contributed by atoms with E-state index < -0.39 is 23.8 Å². The van der Waals surface area contributed by atoms with Gasteiger partial charge in [-0.05, 0) is 19.1 Å². The lowest BCUT2D eigenvalue weighted by Gasteiger charge is -2.12. The number of benzene rings is 1. The quantitative estimate of drug-likeness (QED) is 0.654. The molecule has 0 aliphatic rings. The zero-order chi connectivity index (χ0) is 14.4. The third-order valence-corrected chi connectivity index (χ3v) is 2.54. The second-order valence-electron chi connectivity index (χ2n) is 3.77. The fraction of sp³-hybridized carbons (Fsp3) is 0.308. The Kier molecular flexibility index (Phi) is 5.05. The van der Waals surface area contributed by atoms with E-state index in [1.54, 1.807) is 18.2 Å². The molecule has 0 bridgehead atoms. The van der Waals surface area contributed by atoms with Crippen LogP contribution in [0.4, 0.5) is 5.69 Å². The number of rotatable bonds is 4. The summed E-state index contributed by atoms with van der Waals surface area (Å²) in [6.45, 7) is 1.42. The van der Waals surface area contributed by atoms with Crippen LogP contribution >= 0.6 is 0 Å². The van der Waals surface area contributed by atoms with E-state index in [4.69, 9.17) is 0 Å². The fourth-order valence-electron chi connectivity index (χ4n) is 1.40. The minimum absolute atomic E-state index is 0.218. The molecule has 0 aromatic heterocycles. The predicted molar refractivity (Wildman–Crippen MR) is 67.6 cm³/mol. The summed E-state index contributed by atoms with van der Waals surface area (Å²) < 4.78 is 9.08. The molecule has 0 fully saturated rings. The van der Waals surface area contributed by atoms with Gasteiger partial charge in [0.2, 0.25) is 5.91 Å². The smallest absolute Gasteiger partial charge is 0.339 e. The molecule has 0 radical (unpaired) electrons. The van der Waals surface area contributed by atoms with Crippen LogP contribution in [0.2, 0.25) is 0 Å². The van der Waals surface area contributed by atoms with Crippen LogP contribution in [-0.2, 0) is 19.1 Å². The molecule has 19 heavy (non-hydrogen) atoms. The molecular formula is C13H15NO5. The molecular weight excluding hydrogens is 250 g/mol.